The van der Waals surface area contributed by atoms with Gasteiger partial charge in [0, 0.05) is 30.8 Å². The smallest absolute Gasteiger partial charge is 0.320 e. The molecule has 0 spiro atoms. The standard InChI is InChI=1S/C21H23N5O3S/c1-13-10-15(17-7-5-9-30-17)23-19(22-13)14-6-4-8-26(12-14)20(27)16-11-18(28-2)25-21(24-16)29-3/h5,7,9-11,14H,4,6,8,12H2,1-3H3. The molecule has 0 radical (unpaired) electrons. The monoisotopic (exact) mass is 425 g/mol. The summed E-state index contributed by atoms with van der Waals surface area (Å²) in [5, 5.41) is 2.04. The number of thiophene rings is 1. The number of piperidine rings is 1. The quantitative estimate of drug-likeness (QED) is 0.619. The zero-order valence-electron chi connectivity index (χ0n) is 17.2. The first kappa shape index (κ1) is 20.2. The van der Waals surface area contributed by atoms with Crippen LogP contribution in [0.15, 0.2) is 29.6 Å². The number of likely N-dealkylation sites (tertiary alicyclic amines) is 1. The molecule has 8 nitrogen and oxygen atoms in total. The van der Waals surface area contributed by atoms with Gasteiger partial charge in [0.1, 0.15) is 11.5 Å². The van der Waals surface area contributed by atoms with E-state index in [2.05, 4.69) is 21.0 Å². The third-order valence-corrected chi connectivity index (χ3v) is 5.90. The van der Waals surface area contributed by atoms with E-state index in [0.29, 0.717) is 19.0 Å². The van der Waals surface area contributed by atoms with Crippen molar-refractivity contribution in [1.82, 2.24) is 24.8 Å². The lowest BCUT2D eigenvalue weighted by Gasteiger charge is -2.32. The molecular formula is C21H23N5O3S. The second-order valence-corrected chi connectivity index (χ2v) is 8.05. The van der Waals surface area contributed by atoms with Crippen molar-refractivity contribution in [2.24, 2.45) is 0 Å². The lowest BCUT2D eigenvalue weighted by molar-refractivity contribution is 0.0696. The van der Waals surface area contributed by atoms with Gasteiger partial charge < -0.3 is 14.4 Å². The fraction of sp³-hybridized carbons (Fsp3) is 0.381. The van der Waals surface area contributed by atoms with E-state index in [9.17, 15) is 4.79 Å². The Bertz CT molecular complexity index is 1020. The van der Waals surface area contributed by atoms with Crippen molar-refractivity contribution in [2.45, 2.75) is 25.7 Å². The van der Waals surface area contributed by atoms with Crippen LogP contribution in [-0.4, -0.2) is 58.1 Å². The molecule has 1 saturated heterocycles. The van der Waals surface area contributed by atoms with E-state index < -0.39 is 0 Å². The van der Waals surface area contributed by atoms with Crippen LogP contribution in [0.2, 0.25) is 0 Å². The number of hydrogen-bond acceptors (Lipinski definition) is 8. The highest BCUT2D eigenvalue weighted by atomic mass is 32.1. The van der Waals surface area contributed by atoms with E-state index in [1.807, 2.05) is 24.4 Å². The molecule has 1 unspecified atom stereocenters. The average Bonchev–Trinajstić information content (AvgIpc) is 3.33. The molecule has 0 aliphatic carbocycles. The summed E-state index contributed by atoms with van der Waals surface area (Å²) >= 11 is 1.66. The van der Waals surface area contributed by atoms with Crippen molar-refractivity contribution < 1.29 is 14.3 Å². The number of carbonyl (C=O) groups is 1. The predicted octanol–water partition coefficient (Wildman–Crippen LogP) is 3.34. The molecule has 1 atom stereocenters. The molecule has 1 aliphatic heterocycles. The van der Waals surface area contributed by atoms with Crippen LogP contribution in [0, 0.1) is 6.92 Å². The summed E-state index contributed by atoms with van der Waals surface area (Å²) in [5.41, 5.74) is 2.11. The molecule has 1 fully saturated rings. The van der Waals surface area contributed by atoms with E-state index in [-0.39, 0.29) is 23.5 Å². The molecule has 0 aromatic carbocycles. The first-order valence-electron chi connectivity index (χ1n) is 9.73. The molecule has 3 aromatic heterocycles. The minimum Gasteiger partial charge on any atom is -0.481 e. The van der Waals surface area contributed by atoms with E-state index in [1.165, 1.54) is 20.3 Å². The van der Waals surface area contributed by atoms with E-state index in [1.54, 1.807) is 16.2 Å². The van der Waals surface area contributed by atoms with Gasteiger partial charge in [-0.3, -0.25) is 4.79 Å². The molecule has 30 heavy (non-hydrogen) atoms. The lowest BCUT2D eigenvalue weighted by atomic mass is 9.96. The summed E-state index contributed by atoms with van der Waals surface area (Å²) in [5.74, 6) is 0.979. The number of amides is 1. The second kappa shape index (κ2) is 8.74. The molecule has 156 valence electrons. The van der Waals surface area contributed by atoms with Crippen LogP contribution in [0.25, 0.3) is 10.6 Å². The van der Waals surface area contributed by atoms with Gasteiger partial charge in [0.2, 0.25) is 5.88 Å². The van der Waals surface area contributed by atoms with Gasteiger partial charge in [-0.05, 0) is 37.3 Å². The molecule has 1 amide bonds. The van der Waals surface area contributed by atoms with Crippen molar-refractivity contribution in [3.63, 3.8) is 0 Å². The van der Waals surface area contributed by atoms with Crippen LogP contribution < -0.4 is 9.47 Å². The Hall–Kier alpha value is -3.07. The predicted molar refractivity (Wildman–Crippen MR) is 113 cm³/mol. The minimum atomic E-state index is -0.176. The normalized spacial score (nSPS) is 16.4. The maximum Gasteiger partial charge on any atom is 0.320 e. The summed E-state index contributed by atoms with van der Waals surface area (Å²) in [6.45, 7) is 3.18. The third-order valence-electron chi connectivity index (χ3n) is 5.01. The Kier molecular flexibility index (Phi) is 5.89. The summed E-state index contributed by atoms with van der Waals surface area (Å²) in [6.07, 6.45) is 1.81. The Morgan fingerprint density at radius 1 is 1.17 bits per heavy atom. The number of hydrogen-bond donors (Lipinski definition) is 0. The molecule has 3 aromatic rings. The van der Waals surface area contributed by atoms with Crippen LogP contribution in [-0.2, 0) is 0 Å². The fourth-order valence-corrected chi connectivity index (χ4v) is 4.25. The summed E-state index contributed by atoms with van der Waals surface area (Å²) < 4.78 is 10.3. The van der Waals surface area contributed by atoms with E-state index >= 15 is 0 Å². The van der Waals surface area contributed by atoms with Crippen LogP contribution in [0.4, 0.5) is 0 Å². The highest BCUT2D eigenvalue weighted by Crippen LogP contribution is 2.29. The summed E-state index contributed by atoms with van der Waals surface area (Å²) in [6, 6.07) is 7.71. The fourth-order valence-electron chi connectivity index (χ4n) is 3.57. The van der Waals surface area contributed by atoms with Gasteiger partial charge in [0.25, 0.3) is 5.91 Å². The second-order valence-electron chi connectivity index (χ2n) is 7.10. The Morgan fingerprint density at radius 3 is 2.77 bits per heavy atom. The molecular weight excluding hydrogens is 402 g/mol. The van der Waals surface area contributed by atoms with Crippen LogP contribution >= 0.6 is 11.3 Å². The number of ether oxygens (including phenoxy) is 2. The van der Waals surface area contributed by atoms with E-state index in [4.69, 9.17) is 14.5 Å². The van der Waals surface area contributed by atoms with Crippen molar-refractivity contribution in [2.75, 3.05) is 27.3 Å². The van der Waals surface area contributed by atoms with Crippen molar-refractivity contribution in [1.29, 1.82) is 0 Å². The first-order valence-corrected chi connectivity index (χ1v) is 10.6. The van der Waals surface area contributed by atoms with Gasteiger partial charge >= 0.3 is 6.01 Å². The van der Waals surface area contributed by atoms with Gasteiger partial charge in [-0.25, -0.2) is 9.97 Å². The highest BCUT2D eigenvalue weighted by molar-refractivity contribution is 7.13. The number of rotatable bonds is 5. The molecule has 9 heteroatoms. The van der Waals surface area contributed by atoms with Gasteiger partial charge in [0.05, 0.1) is 24.8 Å². The van der Waals surface area contributed by atoms with Crippen LogP contribution in [0.3, 0.4) is 0 Å². The summed E-state index contributed by atoms with van der Waals surface area (Å²) in [7, 11) is 2.95. The SMILES string of the molecule is COc1cc(C(=O)N2CCCC(c3nc(C)cc(-c4cccs4)n3)C2)nc(OC)n1. The average molecular weight is 426 g/mol. The minimum absolute atomic E-state index is 0.0759. The van der Waals surface area contributed by atoms with Crippen molar-refractivity contribution in [3.05, 3.63) is 46.9 Å². The number of aromatic nitrogens is 4. The van der Waals surface area contributed by atoms with Crippen molar-refractivity contribution >= 4 is 17.2 Å². The van der Waals surface area contributed by atoms with Gasteiger partial charge in [-0.15, -0.1) is 11.3 Å². The molecule has 4 heterocycles. The third kappa shape index (κ3) is 4.25. The zero-order valence-corrected chi connectivity index (χ0v) is 18.0. The number of methoxy groups -OCH3 is 2. The van der Waals surface area contributed by atoms with Gasteiger partial charge in [-0.2, -0.15) is 9.97 Å². The highest BCUT2D eigenvalue weighted by Gasteiger charge is 2.29. The van der Waals surface area contributed by atoms with Crippen LogP contribution in [0.5, 0.6) is 11.9 Å². The summed E-state index contributed by atoms with van der Waals surface area (Å²) in [4.78, 5) is 33.8. The van der Waals surface area contributed by atoms with Gasteiger partial charge in [0.15, 0.2) is 0 Å². The van der Waals surface area contributed by atoms with Crippen LogP contribution in [0.1, 0.15) is 40.8 Å². The molecule has 0 bridgehead atoms. The zero-order chi connectivity index (χ0) is 21.1. The molecule has 1 aliphatic rings. The number of aryl methyl sites for hydroxylation is 1. The van der Waals surface area contributed by atoms with E-state index in [0.717, 1.165) is 34.9 Å². The molecule has 0 N–H and O–H groups in total. The Balaban J connectivity index is 1.57. The Labute approximate surface area is 178 Å². The maximum atomic E-state index is 13.1. The van der Waals surface area contributed by atoms with Crippen molar-refractivity contribution in [3.8, 4) is 22.5 Å². The van der Waals surface area contributed by atoms with Gasteiger partial charge in [-0.1, -0.05) is 6.07 Å². The Morgan fingerprint density at radius 2 is 2.03 bits per heavy atom. The number of carbonyl (C=O) groups excluding carboxylic acids is 1. The molecule has 4 rings (SSSR count). The molecule has 0 saturated carbocycles. The maximum absolute atomic E-state index is 13.1. The lowest BCUT2D eigenvalue weighted by Crippen LogP contribution is -2.40. The number of nitrogens with zero attached hydrogens (tertiary/aromatic N) is 5. The topological polar surface area (TPSA) is 90.3 Å². The first-order chi connectivity index (χ1) is 14.6. The largest absolute Gasteiger partial charge is 0.481 e.